The van der Waals surface area contributed by atoms with E-state index in [0.717, 1.165) is 6.20 Å². The number of halogens is 5. The van der Waals surface area contributed by atoms with Gasteiger partial charge in [0.05, 0.1) is 6.61 Å². The third kappa shape index (κ3) is 7.42. The van der Waals surface area contributed by atoms with Gasteiger partial charge < -0.3 is 19.9 Å². The first kappa shape index (κ1) is 24.5. The van der Waals surface area contributed by atoms with Gasteiger partial charge >= 0.3 is 5.97 Å². The maximum absolute atomic E-state index is 13.4. The van der Waals surface area contributed by atoms with Crippen molar-refractivity contribution in [2.24, 2.45) is 5.41 Å². The van der Waals surface area contributed by atoms with E-state index < -0.39 is 57.9 Å². The zero-order valence-corrected chi connectivity index (χ0v) is 16.0. The molecule has 0 spiro atoms. The average Bonchev–Trinajstić information content (AvgIpc) is 2.59. The van der Waals surface area contributed by atoms with Gasteiger partial charge in [0.15, 0.2) is 5.79 Å². The van der Waals surface area contributed by atoms with Crippen LogP contribution in [-0.2, 0) is 14.3 Å². The first-order valence-corrected chi connectivity index (χ1v) is 8.20. The van der Waals surface area contributed by atoms with Crippen molar-refractivity contribution in [2.45, 2.75) is 39.9 Å². The maximum atomic E-state index is 13.4. The van der Waals surface area contributed by atoms with Crippen LogP contribution in [0.1, 0.15) is 34.1 Å². The summed E-state index contributed by atoms with van der Waals surface area (Å²) in [7, 11) is 0. The van der Waals surface area contributed by atoms with Crippen molar-refractivity contribution in [1.29, 1.82) is 0 Å². The largest absolute Gasteiger partial charge is 0.417 e. The van der Waals surface area contributed by atoms with Crippen LogP contribution in [0.5, 0.6) is 5.75 Å². The van der Waals surface area contributed by atoms with Crippen molar-refractivity contribution in [1.82, 2.24) is 5.32 Å². The standard InChI is InChI=1S/C18H20F5NO5/c1-17(2,8-28-18(3,4)27)7-9(25)24-6-5-10(26)29-16-14(22)12(20)11(19)13(21)15(16)23/h5-6,27H,7-8H2,1-4H3,(H,24,25)/b6-5+. The highest BCUT2D eigenvalue weighted by Crippen LogP contribution is 2.29. The fourth-order valence-corrected chi connectivity index (χ4v) is 1.92. The van der Waals surface area contributed by atoms with Gasteiger partial charge in [-0.15, -0.1) is 0 Å². The van der Waals surface area contributed by atoms with E-state index in [-0.39, 0.29) is 13.0 Å². The number of hydrogen-bond donors (Lipinski definition) is 2. The van der Waals surface area contributed by atoms with E-state index in [1.807, 2.05) is 0 Å². The third-order valence-electron chi connectivity index (χ3n) is 3.29. The number of rotatable bonds is 8. The molecule has 0 bridgehead atoms. The van der Waals surface area contributed by atoms with Gasteiger partial charge in [-0.1, -0.05) is 13.8 Å². The summed E-state index contributed by atoms with van der Waals surface area (Å²) in [5.41, 5.74) is -0.687. The molecule has 6 nitrogen and oxygen atoms in total. The van der Waals surface area contributed by atoms with Gasteiger partial charge in [0, 0.05) is 18.7 Å². The molecule has 0 heterocycles. The van der Waals surface area contributed by atoms with Crippen LogP contribution in [0.2, 0.25) is 0 Å². The summed E-state index contributed by atoms with van der Waals surface area (Å²) in [5.74, 6) is -16.7. The fourth-order valence-electron chi connectivity index (χ4n) is 1.92. The van der Waals surface area contributed by atoms with Crippen molar-refractivity contribution in [3.63, 3.8) is 0 Å². The van der Waals surface area contributed by atoms with Crippen LogP contribution in [0.25, 0.3) is 0 Å². The molecule has 0 fully saturated rings. The Labute approximate surface area is 163 Å². The molecule has 0 unspecified atom stereocenters. The Bertz CT molecular complexity index is 789. The summed E-state index contributed by atoms with van der Waals surface area (Å²) in [4.78, 5) is 23.4. The Morgan fingerprint density at radius 1 is 0.966 bits per heavy atom. The van der Waals surface area contributed by atoms with E-state index in [1.54, 1.807) is 13.8 Å². The molecule has 0 aromatic heterocycles. The first-order chi connectivity index (χ1) is 13.1. The van der Waals surface area contributed by atoms with Gasteiger partial charge in [0.1, 0.15) is 0 Å². The Kier molecular flexibility index (Phi) is 7.87. The molecular weight excluding hydrogens is 405 g/mol. The topological polar surface area (TPSA) is 84.9 Å². The van der Waals surface area contributed by atoms with Gasteiger partial charge in [0.2, 0.25) is 40.7 Å². The molecule has 2 N–H and O–H groups in total. The number of hydrogen-bond acceptors (Lipinski definition) is 5. The quantitative estimate of drug-likeness (QED) is 0.127. The molecule has 0 aliphatic rings. The van der Waals surface area contributed by atoms with E-state index in [0.29, 0.717) is 6.08 Å². The minimum Gasteiger partial charge on any atom is -0.417 e. The van der Waals surface area contributed by atoms with E-state index in [1.165, 1.54) is 13.8 Å². The second kappa shape index (κ2) is 9.31. The minimum absolute atomic E-state index is 0.0376. The second-order valence-corrected chi connectivity index (χ2v) is 7.30. The molecule has 0 radical (unpaired) electrons. The Morgan fingerprint density at radius 3 is 1.93 bits per heavy atom. The summed E-state index contributed by atoms with van der Waals surface area (Å²) in [6.45, 7) is 6.24. The van der Waals surface area contributed by atoms with Crippen LogP contribution in [0.3, 0.4) is 0 Å². The predicted octanol–water partition coefficient (Wildman–Crippen LogP) is 3.08. The Hall–Kier alpha value is -2.53. The van der Waals surface area contributed by atoms with Crippen molar-refractivity contribution in [3.8, 4) is 5.75 Å². The molecule has 1 aromatic carbocycles. The number of amides is 1. The summed E-state index contributed by atoms with van der Waals surface area (Å²) >= 11 is 0. The van der Waals surface area contributed by atoms with Crippen LogP contribution in [0.4, 0.5) is 22.0 Å². The molecule has 0 saturated carbocycles. The van der Waals surface area contributed by atoms with E-state index in [2.05, 4.69) is 10.1 Å². The number of carbonyl (C=O) groups excluding carboxylic acids is 2. The van der Waals surface area contributed by atoms with Crippen LogP contribution in [-0.4, -0.2) is 29.4 Å². The average molecular weight is 425 g/mol. The lowest BCUT2D eigenvalue weighted by Crippen LogP contribution is -2.33. The lowest BCUT2D eigenvalue weighted by molar-refractivity contribution is -0.192. The highest BCUT2D eigenvalue weighted by Gasteiger charge is 2.28. The number of nitrogens with one attached hydrogen (secondary N) is 1. The molecule has 1 aromatic rings. The molecule has 0 aliphatic heterocycles. The lowest BCUT2D eigenvalue weighted by atomic mass is 9.90. The molecule has 11 heteroatoms. The SMILES string of the molecule is CC(C)(COC(C)(C)O)CC(=O)N/C=C/C(=O)Oc1c(F)c(F)c(F)c(F)c1F. The van der Waals surface area contributed by atoms with Crippen molar-refractivity contribution >= 4 is 11.9 Å². The Balaban J connectivity index is 2.67. The van der Waals surface area contributed by atoms with Gasteiger partial charge in [-0.05, 0) is 19.3 Å². The molecule has 1 amide bonds. The molecule has 162 valence electrons. The van der Waals surface area contributed by atoms with Crippen LogP contribution in [0, 0.1) is 34.5 Å². The van der Waals surface area contributed by atoms with E-state index in [9.17, 15) is 36.6 Å². The van der Waals surface area contributed by atoms with Crippen LogP contribution < -0.4 is 10.1 Å². The number of esters is 1. The highest BCUT2D eigenvalue weighted by molar-refractivity contribution is 5.85. The predicted molar refractivity (Wildman–Crippen MR) is 89.8 cm³/mol. The normalized spacial score (nSPS) is 12.3. The molecular formula is C18H20F5NO5. The molecule has 1 rings (SSSR count). The van der Waals surface area contributed by atoms with Gasteiger partial charge in [-0.2, -0.15) is 8.78 Å². The first-order valence-electron chi connectivity index (χ1n) is 8.20. The van der Waals surface area contributed by atoms with Gasteiger partial charge in [-0.25, -0.2) is 18.0 Å². The fraction of sp³-hybridized carbons (Fsp3) is 0.444. The molecule has 0 saturated heterocycles. The van der Waals surface area contributed by atoms with E-state index >= 15 is 0 Å². The number of carbonyl (C=O) groups is 2. The number of aliphatic hydroxyl groups is 1. The molecule has 0 atom stereocenters. The summed E-state index contributed by atoms with van der Waals surface area (Å²) < 4.78 is 75.2. The van der Waals surface area contributed by atoms with Crippen molar-refractivity contribution in [3.05, 3.63) is 41.4 Å². The zero-order chi connectivity index (χ0) is 22.6. The van der Waals surface area contributed by atoms with Crippen LogP contribution in [0.15, 0.2) is 12.3 Å². The van der Waals surface area contributed by atoms with Gasteiger partial charge in [0.25, 0.3) is 0 Å². The minimum atomic E-state index is -2.39. The third-order valence-corrected chi connectivity index (χ3v) is 3.29. The second-order valence-electron chi connectivity index (χ2n) is 7.30. The molecule has 0 aliphatic carbocycles. The maximum Gasteiger partial charge on any atom is 0.337 e. The highest BCUT2D eigenvalue weighted by atomic mass is 19.2. The zero-order valence-electron chi connectivity index (χ0n) is 16.0. The van der Waals surface area contributed by atoms with Crippen molar-refractivity contribution in [2.75, 3.05) is 6.61 Å². The number of ether oxygens (including phenoxy) is 2. The summed E-state index contributed by atoms with van der Waals surface area (Å²) in [5, 5.41) is 11.7. The number of benzene rings is 1. The van der Waals surface area contributed by atoms with Crippen LogP contribution >= 0.6 is 0 Å². The lowest BCUT2D eigenvalue weighted by Gasteiger charge is -2.28. The monoisotopic (exact) mass is 425 g/mol. The summed E-state index contributed by atoms with van der Waals surface area (Å²) in [6.07, 6.45) is 1.22. The van der Waals surface area contributed by atoms with Crippen molar-refractivity contribution < 1.29 is 46.1 Å². The summed E-state index contributed by atoms with van der Waals surface area (Å²) in [6, 6.07) is 0. The molecule has 29 heavy (non-hydrogen) atoms. The van der Waals surface area contributed by atoms with Gasteiger partial charge in [-0.3, -0.25) is 4.79 Å². The van der Waals surface area contributed by atoms with E-state index in [4.69, 9.17) is 4.74 Å². The smallest absolute Gasteiger partial charge is 0.337 e. The Morgan fingerprint density at radius 2 is 1.45 bits per heavy atom.